The molecule has 1 fully saturated rings. The molecular weight excluding hydrogens is 632 g/mol. The predicted octanol–water partition coefficient (Wildman–Crippen LogP) is 3.55. The molecule has 1 aliphatic carbocycles. The number of hydrogen-bond acceptors (Lipinski definition) is 11. The third-order valence-electron chi connectivity index (χ3n) is 8.62. The number of aliphatic hydroxyl groups is 4. The summed E-state index contributed by atoms with van der Waals surface area (Å²) in [4.78, 5) is 40.6. The van der Waals surface area contributed by atoms with Crippen LogP contribution in [0.2, 0.25) is 0 Å². The fourth-order valence-corrected chi connectivity index (χ4v) is 6.11. The molecule has 5 atom stereocenters. The summed E-state index contributed by atoms with van der Waals surface area (Å²) in [5.41, 5.74) is 1.67. The van der Waals surface area contributed by atoms with Gasteiger partial charge in [0.25, 0.3) is 0 Å². The summed E-state index contributed by atoms with van der Waals surface area (Å²) in [6.45, 7) is 2.45. The van der Waals surface area contributed by atoms with Crippen molar-refractivity contribution in [3.05, 3.63) is 123 Å². The third-order valence-corrected chi connectivity index (χ3v) is 8.62. The smallest absolute Gasteiger partial charge is 0.308 e. The molecule has 5 N–H and O–H groups in total. The standard InChI is InChI=1S/C38H34O11/c1-19-32(41)36(45)37(46)38(47-19)49-29-17-27-31(34(43)26(29)16-22-9-6-10-23(15-22)18-39)33(42)25-13-14-28(48-20(2)40)24(30(25)35(27)44)12-11-21-7-4-3-5-8-21/h3-15,17,19,32,36-39,41,43,45-46H,16,18H2,1-2H3/t19-,32-,36-,37-,38-/m1/s1. The number of phenols is 1. The van der Waals surface area contributed by atoms with Gasteiger partial charge in [-0.15, -0.1) is 0 Å². The van der Waals surface area contributed by atoms with Crippen LogP contribution in [0.25, 0.3) is 12.2 Å². The lowest BCUT2D eigenvalue weighted by Gasteiger charge is -2.39. The van der Waals surface area contributed by atoms with Gasteiger partial charge in [0.15, 0.2) is 11.6 Å². The van der Waals surface area contributed by atoms with Crippen molar-refractivity contribution in [1.29, 1.82) is 0 Å². The number of esters is 1. The number of carbonyl (C=O) groups excluding carboxylic acids is 3. The Morgan fingerprint density at radius 2 is 1.53 bits per heavy atom. The SMILES string of the molecule is CC(=O)Oc1ccc2c(c1C=Cc1ccccc1)C(=O)c1cc(O[C@H]3O[C@H](C)[C@@H](O)[C@@H](O)[C@H]3O)c(Cc3cccc(CO)c3)c(O)c1C2=O. The Labute approximate surface area is 281 Å². The lowest BCUT2D eigenvalue weighted by molar-refractivity contribution is -0.268. The average Bonchev–Trinajstić information content (AvgIpc) is 3.09. The summed E-state index contributed by atoms with van der Waals surface area (Å²) in [6.07, 6.45) is -3.99. The Balaban J connectivity index is 1.52. The van der Waals surface area contributed by atoms with Crippen LogP contribution in [0.1, 0.15) is 73.5 Å². The summed E-state index contributed by atoms with van der Waals surface area (Å²) >= 11 is 0. The highest BCUT2D eigenvalue weighted by atomic mass is 16.7. The van der Waals surface area contributed by atoms with Gasteiger partial charge in [-0.2, -0.15) is 0 Å². The zero-order valence-electron chi connectivity index (χ0n) is 26.6. The summed E-state index contributed by atoms with van der Waals surface area (Å²) < 4.78 is 17.1. The quantitative estimate of drug-likeness (QED) is 0.0929. The van der Waals surface area contributed by atoms with Crippen molar-refractivity contribution in [3.8, 4) is 17.2 Å². The van der Waals surface area contributed by atoms with Gasteiger partial charge in [0.05, 0.1) is 18.3 Å². The number of carbonyl (C=O) groups is 3. The molecule has 4 aromatic carbocycles. The number of fused-ring (bicyclic) bond motifs is 2. The summed E-state index contributed by atoms with van der Waals surface area (Å²) in [6, 6.07) is 20.1. The van der Waals surface area contributed by atoms with Gasteiger partial charge < -0.3 is 39.7 Å². The first kappa shape index (κ1) is 33.7. The highest BCUT2D eigenvalue weighted by molar-refractivity contribution is 6.31. The number of aromatic hydroxyl groups is 1. The predicted molar refractivity (Wildman–Crippen MR) is 176 cm³/mol. The first-order valence-electron chi connectivity index (χ1n) is 15.6. The van der Waals surface area contributed by atoms with Crippen LogP contribution >= 0.6 is 0 Å². The van der Waals surface area contributed by atoms with Crippen molar-refractivity contribution in [2.45, 2.75) is 57.6 Å². The van der Waals surface area contributed by atoms with Gasteiger partial charge in [0.2, 0.25) is 6.29 Å². The van der Waals surface area contributed by atoms with E-state index in [0.29, 0.717) is 11.1 Å². The van der Waals surface area contributed by atoms with Crippen LogP contribution < -0.4 is 9.47 Å². The molecule has 252 valence electrons. The first-order valence-corrected chi connectivity index (χ1v) is 15.6. The zero-order valence-corrected chi connectivity index (χ0v) is 26.6. The molecule has 2 aliphatic rings. The molecule has 0 bridgehead atoms. The molecule has 1 heterocycles. The summed E-state index contributed by atoms with van der Waals surface area (Å²) in [7, 11) is 0. The van der Waals surface area contributed by atoms with Crippen LogP contribution in [0.4, 0.5) is 0 Å². The maximum atomic E-state index is 14.4. The van der Waals surface area contributed by atoms with E-state index in [2.05, 4.69) is 0 Å². The molecule has 4 aromatic rings. The molecule has 11 nitrogen and oxygen atoms in total. The molecule has 49 heavy (non-hydrogen) atoms. The molecule has 6 rings (SSSR count). The molecule has 0 radical (unpaired) electrons. The highest BCUT2D eigenvalue weighted by Gasteiger charge is 2.44. The van der Waals surface area contributed by atoms with Crippen molar-refractivity contribution in [3.63, 3.8) is 0 Å². The van der Waals surface area contributed by atoms with Gasteiger partial charge in [-0.25, -0.2) is 0 Å². The molecule has 0 unspecified atom stereocenters. The van der Waals surface area contributed by atoms with Crippen LogP contribution in [0, 0.1) is 0 Å². The Kier molecular flexibility index (Phi) is 9.46. The van der Waals surface area contributed by atoms with E-state index in [1.54, 1.807) is 36.4 Å². The van der Waals surface area contributed by atoms with E-state index in [1.807, 2.05) is 30.3 Å². The fourth-order valence-electron chi connectivity index (χ4n) is 6.11. The zero-order chi connectivity index (χ0) is 35.0. The van der Waals surface area contributed by atoms with Crippen molar-refractivity contribution in [1.82, 2.24) is 0 Å². The van der Waals surface area contributed by atoms with E-state index < -0.39 is 54.0 Å². The largest absolute Gasteiger partial charge is 0.507 e. The Morgan fingerprint density at radius 3 is 2.24 bits per heavy atom. The molecule has 0 spiro atoms. The first-order chi connectivity index (χ1) is 23.5. The molecule has 0 saturated carbocycles. The number of ether oxygens (including phenoxy) is 3. The van der Waals surface area contributed by atoms with Crippen LogP contribution in [-0.2, 0) is 22.6 Å². The fraction of sp³-hybridized carbons (Fsp3) is 0.237. The minimum atomic E-state index is -1.71. The van der Waals surface area contributed by atoms with Gasteiger partial charge in [0.1, 0.15) is 35.6 Å². The van der Waals surface area contributed by atoms with Crippen molar-refractivity contribution in [2.75, 3.05) is 0 Å². The highest BCUT2D eigenvalue weighted by Crippen LogP contribution is 2.44. The lowest BCUT2D eigenvalue weighted by Crippen LogP contribution is -2.58. The van der Waals surface area contributed by atoms with E-state index in [9.17, 15) is 39.9 Å². The van der Waals surface area contributed by atoms with E-state index in [-0.39, 0.29) is 57.9 Å². The van der Waals surface area contributed by atoms with Gasteiger partial charge in [0, 0.05) is 41.2 Å². The van der Waals surface area contributed by atoms with Crippen LogP contribution in [-0.4, -0.2) is 73.8 Å². The summed E-state index contributed by atoms with van der Waals surface area (Å²) in [5.74, 6) is -2.61. The lowest BCUT2D eigenvalue weighted by atomic mass is 9.79. The Hall–Kier alpha value is -5.17. The normalized spacial score (nSPS) is 21.7. The Morgan fingerprint density at radius 1 is 0.816 bits per heavy atom. The average molecular weight is 667 g/mol. The van der Waals surface area contributed by atoms with Crippen molar-refractivity contribution < 1.29 is 54.1 Å². The molecule has 1 saturated heterocycles. The van der Waals surface area contributed by atoms with Crippen LogP contribution in [0.5, 0.6) is 17.2 Å². The minimum Gasteiger partial charge on any atom is -0.507 e. The van der Waals surface area contributed by atoms with E-state index >= 15 is 0 Å². The number of phenolic OH excluding ortho intramolecular Hbond substituents is 1. The topological polar surface area (TPSA) is 180 Å². The second-order valence-electron chi connectivity index (χ2n) is 12.0. The number of ketones is 2. The number of rotatable bonds is 8. The van der Waals surface area contributed by atoms with Gasteiger partial charge in [-0.3, -0.25) is 14.4 Å². The van der Waals surface area contributed by atoms with E-state index in [4.69, 9.17) is 14.2 Å². The van der Waals surface area contributed by atoms with Crippen LogP contribution in [0.15, 0.2) is 72.8 Å². The van der Waals surface area contributed by atoms with Gasteiger partial charge in [-0.05, 0) is 47.9 Å². The minimum absolute atomic E-state index is 0.0183. The van der Waals surface area contributed by atoms with Crippen LogP contribution in [0.3, 0.4) is 0 Å². The number of aliphatic hydroxyl groups excluding tert-OH is 4. The third kappa shape index (κ3) is 6.50. The van der Waals surface area contributed by atoms with E-state index in [0.717, 1.165) is 5.56 Å². The number of hydrogen-bond donors (Lipinski definition) is 5. The molecule has 0 aromatic heterocycles. The Bertz CT molecular complexity index is 1970. The second-order valence-corrected chi connectivity index (χ2v) is 12.0. The summed E-state index contributed by atoms with van der Waals surface area (Å²) in [5, 5.41) is 52.8. The molecule has 11 heteroatoms. The monoisotopic (exact) mass is 666 g/mol. The molecular formula is C38H34O11. The number of benzene rings is 4. The van der Waals surface area contributed by atoms with Gasteiger partial charge >= 0.3 is 5.97 Å². The second kappa shape index (κ2) is 13.7. The molecule has 1 aliphatic heterocycles. The molecule has 0 amide bonds. The maximum Gasteiger partial charge on any atom is 0.308 e. The van der Waals surface area contributed by atoms with E-state index in [1.165, 1.54) is 32.0 Å². The van der Waals surface area contributed by atoms with Gasteiger partial charge in [-0.1, -0.05) is 60.7 Å². The maximum absolute atomic E-state index is 14.4. The van der Waals surface area contributed by atoms with Crippen molar-refractivity contribution in [2.24, 2.45) is 0 Å². The van der Waals surface area contributed by atoms with Crippen molar-refractivity contribution >= 4 is 29.7 Å².